The standard InChI is InChI=1S/C20H14F3N5O2/c21-20(22,23)17-4-2-13(9-25-17)10-28-16-3-1-12(8-24)7-15(16)18(27-28)26-19(29)14-5-6-30-11-14/h1-7,9,11,19,29H,10H2,(H,26,27). The van der Waals surface area contributed by atoms with E-state index >= 15 is 0 Å². The minimum atomic E-state index is -4.51. The molecule has 0 saturated heterocycles. The third kappa shape index (κ3) is 3.83. The summed E-state index contributed by atoms with van der Waals surface area (Å²) in [7, 11) is 0. The number of benzene rings is 1. The molecule has 0 radical (unpaired) electrons. The second-order valence-electron chi connectivity index (χ2n) is 6.50. The lowest BCUT2D eigenvalue weighted by Gasteiger charge is -2.10. The fourth-order valence-electron chi connectivity index (χ4n) is 2.98. The molecule has 0 aliphatic heterocycles. The Morgan fingerprint density at radius 3 is 2.70 bits per heavy atom. The first-order valence-electron chi connectivity index (χ1n) is 8.74. The van der Waals surface area contributed by atoms with Crippen molar-refractivity contribution in [3.63, 3.8) is 0 Å². The summed E-state index contributed by atoms with van der Waals surface area (Å²) in [5.74, 6) is 0.315. The molecule has 0 saturated carbocycles. The van der Waals surface area contributed by atoms with Gasteiger partial charge in [0.05, 0.1) is 36.2 Å². The van der Waals surface area contributed by atoms with Crippen LogP contribution in [-0.4, -0.2) is 19.9 Å². The van der Waals surface area contributed by atoms with E-state index in [9.17, 15) is 23.5 Å². The Morgan fingerprint density at radius 2 is 2.07 bits per heavy atom. The van der Waals surface area contributed by atoms with Gasteiger partial charge in [-0.1, -0.05) is 6.07 Å². The Hall–Kier alpha value is -3.84. The van der Waals surface area contributed by atoms with Gasteiger partial charge in [0.15, 0.2) is 12.0 Å². The Kier molecular flexibility index (Phi) is 4.89. The molecule has 4 aromatic rings. The van der Waals surface area contributed by atoms with Crippen LogP contribution in [0.5, 0.6) is 0 Å². The first-order chi connectivity index (χ1) is 14.3. The molecule has 7 nitrogen and oxygen atoms in total. The Balaban J connectivity index is 1.69. The van der Waals surface area contributed by atoms with E-state index in [1.165, 1.54) is 18.6 Å². The van der Waals surface area contributed by atoms with Crippen molar-refractivity contribution in [1.82, 2.24) is 14.8 Å². The summed E-state index contributed by atoms with van der Waals surface area (Å²) < 4.78 is 44.7. The molecule has 152 valence electrons. The number of rotatable bonds is 5. The molecular formula is C20H14F3N5O2. The number of furan rings is 1. The maximum absolute atomic E-state index is 12.7. The van der Waals surface area contributed by atoms with Gasteiger partial charge in [-0.3, -0.25) is 9.67 Å². The minimum absolute atomic E-state index is 0.150. The number of aliphatic hydroxyl groups is 1. The molecule has 30 heavy (non-hydrogen) atoms. The monoisotopic (exact) mass is 413 g/mol. The summed E-state index contributed by atoms with van der Waals surface area (Å²) in [6.45, 7) is 0.150. The van der Waals surface area contributed by atoms with Crippen LogP contribution in [0.4, 0.5) is 19.0 Å². The molecule has 2 N–H and O–H groups in total. The van der Waals surface area contributed by atoms with E-state index in [0.29, 0.717) is 33.4 Å². The maximum Gasteiger partial charge on any atom is 0.433 e. The van der Waals surface area contributed by atoms with Crippen LogP contribution >= 0.6 is 0 Å². The van der Waals surface area contributed by atoms with E-state index in [4.69, 9.17) is 4.42 Å². The molecule has 10 heteroatoms. The van der Waals surface area contributed by atoms with Gasteiger partial charge in [0.2, 0.25) is 0 Å². The Labute approximate surface area is 168 Å². The molecule has 0 aliphatic carbocycles. The summed E-state index contributed by atoms with van der Waals surface area (Å²) in [4.78, 5) is 3.47. The van der Waals surface area contributed by atoms with Gasteiger partial charge in [0.25, 0.3) is 0 Å². The van der Waals surface area contributed by atoms with Crippen LogP contribution in [-0.2, 0) is 12.7 Å². The van der Waals surface area contributed by atoms with Crippen LogP contribution in [0.15, 0.2) is 59.5 Å². The predicted molar refractivity (Wildman–Crippen MR) is 100 cm³/mol. The molecule has 1 aromatic carbocycles. The first kappa shape index (κ1) is 19.5. The molecule has 1 atom stereocenters. The van der Waals surface area contributed by atoms with E-state index < -0.39 is 18.1 Å². The van der Waals surface area contributed by atoms with Crippen molar-refractivity contribution in [2.24, 2.45) is 0 Å². The molecular weight excluding hydrogens is 399 g/mol. The number of halogens is 3. The molecule has 3 aromatic heterocycles. The average molecular weight is 413 g/mol. The van der Waals surface area contributed by atoms with Crippen LogP contribution in [0.1, 0.15) is 28.6 Å². The lowest BCUT2D eigenvalue weighted by Crippen LogP contribution is -2.11. The quantitative estimate of drug-likeness (QED) is 0.479. The lowest BCUT2D eigenvalue weighted by molar-refractivity contribution is -0.141. The fourth-order valence-corrected chi connectivity index (χ4v) is 2.98. The van der Waals surface area contributed by atoms with E-state index in [1.807, 2.05) is 6.07 Å². The zero-order valence-electron chi connectivity index (χ0n) is 15.3. The minimum Gasteiger partial charge on any atom is -0.472 e. The second kappa shape index (κ2) is 7.53. The van der Waals surface area contributed by atoms with Crippen molar-refractivity contribution in [2.45, 2.75) is 18.9 Å². The van der Waals surface area contributed by atoms with Crippen LogP contribution in [0, 0.1) is 11.3 Å². The van der Waals surface area contributed by atoms with Crippen LogP contribution in [0.2, 0.25) is 0 Å². The number of fused-ring (bicyclic) bond motifs is 1. The van der Waals surface area contributed by atoms with Gasteiger partial charge in [0.1, 0.15) is 5.69 Å². The summed E-state index contributed by atoms with van der Waals surface area (Å²) in [6.07, 6.45) is -1.67. The van der Waals surface area contributed by atoms with E-state index in [-0.39, 0.29) is 6.54 Å². The number of hydrogen-bond donors (Lipinski definition) is 2. The number of anilines is 1. The number of nitriles is 1. The SMILES string of the molecule is N#Cc1ccc2c(c1)c(NC(O)c1ccoc1)nn2Cc1ccc(C(F)(F)F)nc1. The molecule has 3 heterocycles. The zero-order chi connectivity index (χ0) is 21.3. The fraction of sp³-hybridized carbons (Fsp3) is 0.150. The maximum atomic E-state index is 12.7. The molecule has 0 amide bonds. The molecule has 4 rings (SSSR count). The highest BCUT2D eigenvalue weighted by Gasteiger charge is 2.32. The van der Waals surface area contributed by atoms with Crippen molar-refractivity contribution in [3.8, 4) is 6.07 Å². The first-order valence-corrected chi connectivity index (χ1v) is 8.74. The largest absolute Gasteiger partial charge is 0.472 e. The highest BCUT2D eigenvalue weighted by molar-refractivity contribution is 5.91. The average Bonchev–Trinajstić information content (AvgIpc) is 3.37. The normalized spacial score (nSPS) is 12.6. The predicted octanol–water partition coefficient (Wildman–Crippen LogP) is 4.07. The van der Waals surface area contributed by atoms with Gasteiger partial charge in [-0.25, -0.2) is 0 Å². The summed E-state index contributed by atoms with van der Waals surface area (Å²) >= 11 is 0. The van der Waals surface area contributed by atoms with Crippen molar-refractivity contribution < 1.29 is 22.7 Å². The number of hydrogen-bond acceptors (Lipinski definition) is 6. The number of nitrogens with zero attached hydrogens (tertiary/aromatic N) is 4. The summed E-state index contributed by atoms with van der Waals surface area (Å²) in [5, 5.41) is 27.4. The van der Waals surface area contributed by atoms with Gasteiger partial charge in [0, 0.05) is 17.1 Å². The Morgan fingerprint density at radius 1 is 1.23 bits per heavy atom. The number of aromatic nitrogens is 3. The number of nitrogens with one attached hydrogen (secondary N) is 1. The second-order valence-corrected chi connectivity index (χ2v) is 6.50. The molecule has 1 unspecified atom stereocenters. The van der Waals surface area contributed by atoms with Gasteiger partial charge < -0.3 is 14.8 Å². The van der Waals surface area contributed by atoms with E-state index in [1.54, 1.807) is 28.9 Å². The van der Waals surface area contributed by atoms with Gasteiger partial charge in [-0.15, -0.1) is 0 Å². The van der Waals surface area contributed by atoms with Crippen molar-refractivity contribution in [2.75, 3.05) is 5.32 Å². The number of aliphatic hydroxyl groups excluding tert-OH is 1. The molecule has 0 bridgehead atoms. The summed E-state index contributed by atoms with van der Waals surface area (Å²) in [5.41, 5.74) is 1.07. The van der Waals surface area contributed by atoms with E-state index in [2.05, 4.69) is 15.4 Å². The highest BCUT2D eigenvalue weighted by atomic mass is 19.4. The molecule has 0 aliphatic rings. The van der Waals surface area contributed by atoms with Crippen LogP contribution in [0.25, 0.3) is 10.9 Å². The van der Waals surface area contributed by atoms with Crippen molar-refractivity contribution >= 4 is 16.7 Å². The molecule has 0 fully saturated rings. The van der Waals surface area contributed by atoms with E-state index in [0.717, 1.165) is 12.3 Å². The third-order valence-electron chi connectivity index (χ3n) is 4.46. The lowest BCUT2D eigenvalue weighted by atomic mass is 10.1. The number of pyridine rings is 1. The van der Waals surface area contributed by atoms with Crippen LogP contribution < -0.4 is 5.32 Å². The highest BCUT2D eigenvalue weighted by Crippen LogP contribution is 2.29. The third-order valence-corrected chi connectivity index (χ3v) is 4.46. The van der Waals surface area contributed by atoms with Crippen LogP contribution in [0.3, 0.4) is 0 Å². The van der Waals surface area contributed by atoms with Crippen molar-refractivity contribution in [3.05, 3.63) is 77.5 Å². The van der Waals surface area contributed by atoms with Gasteiger partial charge in [-0.2, -0.15) is 23.5 Å². The smallest absolute Gasteiger partial charge is 0.433 e. The Bertz CT molecular complexity index is 1210. The summed E-state index contributed by atoms with van der Waals surface area (Å²) in [6, 6.07) is 10.8. The topological polar surface area (TPSA) is 99.9 Å². The zero-order valence-corrected chi connectivity index (χ0v) is 15.3. The number of alkyl halides is 3. The van der Waals surface area contributed by atoms with Gasteiger partial charge in [-0.05, 0) is 35.9 Å². The van der Waals surface area contributed by atoms with Gasteiger partial charge >= 0.3 is 6.18 Å². The molecule has 0 spiro atoms. The van der Waals surface area contributed by atoms with Crippen molar-refractivity contribution in [1.29, 1.82) is 5.26 Å².